The molecule has 6 heteroatoms. The number of hydrogen-bond donors (Lipinski definition) is 1. The first-order valence-electron chi connectivity index (χ1n) is 7.17. The van der Waals surface area contributed by atoms with E-state index in [0.29, 0.717) is 5.69 Å². The molecule has 2 heterocycles. The van der Waals surface area contributed by atoms with E-state index in [1.807, 2.05) is 32.9 Å². The Balaban J connectivity index is 1.85. The van der Waals surface area contributed by atoms with Crippen molar-refractivity contribution in [3.8, 4) is 0 Å². The van der Waals surface area contributed by atoms with Crippen molar-refractivity contribution >= 4 is 17.4 Å². The molecule has 0 spiro atoms. The van der Waals surface area contributed by atoms with Crippen LogP contribution in [0.25, 0.3) is 0 Å². The fourth-order valence-corrected chi connectivity index (χ4v) is 1.92. The van der Waals surface area contributed by atoms with Crippen LogP contribution >= 0.6 is 0 Å². The smallest absolute Gasteiger partial charge is 0.250 e. The molecule has 0 aromatic carbocycles. The Bertz CT molecular complexity index is 462. The Morgan fingerprint density at radius 2 is 2.10 bits per heavy atom. The molecule has 1 aromatic rings. The molecule has 0 radical (unpaired) electrons. The number of nitrogens with one attached hydrogen (secondary N) is 1. The third-order valence-corrected chi connectivity index (χ3v) is 3.00. The van der Waals surface area contributed by atoms with Gasteiger partial charge in [-0.05, 0) is 32.9 Å². The fourth-order valence-electron chi connectivity index (χ4n) is 1.92. The molecule has 1 aliphatic heterocycles. The molecule has 2 rings (SSSR count). The maximum absolute atomic E-state index is 11.8. The third kappa shape index (κ3) is 5.32. The molecule has 1 saturated heterocycles. The van der Waals surface area contributed by atoms with Gasteiger partial charge in [0.25, 0.3) is 0 Å². The number of ether oxygens (including phenoxy) is 2. The predicted octanol–water partition coefficient (Wildman–Crippen LogP) is 1.67. The summed E-state index contributed by atoms with van der Waals surface area (Å²) in [4.78, 5) is 18.3. The van der Waals surface area contributed by atoms with E-state index in [1.54, 1.807) is 6.20 Å². The summed E-state index contributed by atoms with van der Waals surface area (Å²) in [5, 5.41) is 2.77. The number of pyridine rings is 1. The van der Waals surface area contributed by atoms with E-state index in [2.05, 4.69) is 15.2 Å². The normalized spacial score (nSPS) is 15.9. The van der Waals surface area contributed by atoms with Crippen LogP contribution in [0.5, 0.6) is 0 Å². The highest BCUT2D eigenvalue weighted by molar-refractivity contribution is 5.91. The summed E-state index contributed by atoms with van der Waals surface area (Å²) in [6.45, 7) is 8.93. The van der Waals surface area contributed by atoms with Gasteiger partial charge < -0.3 is 19.7 Å². The lowest BCUT2D eigenvalue weighted by molar-refractivity contribution is -0.125. The third-order valence-electron chi connectivity index (χ3n) is 3.00. The molecule has 1 fully saturated rings. The zero-order valence-electron chi connectivity index (χ0n) is 12.9. The van der Waals surface area contributed by atoms with E-state index in [0.717, 1.165) is 32.1 Å². The highest BCUT2D eigenvalue weighted by Crippen LogP contribution is 2.15. The first kappa shape index (κ1) is 15.7. The molecule has 0 atom stereocenters. The summed E-state index contributed by atoms with van der Waals surface area (Å²) in [5.41, 5.74) is 0.352. The van der Waals surface area contributed by atoms with Crippen LogP contribution in [0.2, 0.25) is 0 Å². The zero-order valence-corrected chi connectivity index (χ0v) is 12.9. The minimum atomic E-state index is -0.324. The number of rotatable bonds is 4. The van der Waals surface area contributed by atoms with Crippen LogP contribution in [-0.2, 0) is 14.3 Å². The molecule has 0 unspecified atom stereocenters. The number of anilines is 2. The van der Waals surface area contributed by atoms with E-state index in [9.17, 15) is 4.79 Å². The van der Waals surface area contributed by atoms with Crippen molar-refractivity contribution in [3.05, 3.63) is 18.3 Å². The molecule has 116 valence electrons. The van der Waals surface area contributed by atoms with Crippen LogP contribution in [-0.4, -0.2) is 49.4 Å². The lowest BCUT2D eigenvalue weighted by atomic mass is 10.2. The van der Waals surface area contributed by atoms with Crippen LogP contribution in [0.4, 0.5) is 11.5 Å². The molecule has 0 aliphatic carbocycles. The van der Waals surface area contributed by atoms with Crippen LogP contribution < -0.4 is 10.2 Å². The summed E-state index contributed by atoms with van der Waals surface area (Å²) in [7, 11) is 0. The van der Waals surface area contributed by atoms with Gasteiger partial charge >= 0.3 is 0 Å². The van der Waals surface area contributed by atoms with Gasteiger partial charge in [-0.15, -0.1) is 0 Å². The lowest BCUT2D eigenvalue weighted by Gasteiger charge is -2.27. The Hall–Kier alpha value is -1.66. The fraction of sp³-hybridized carbons (Fsp3) is 0.600. The van der Waals surface area contributed by atoms with E-state index in [-0.39, 0.29) is 18.1 Å². The van der Waals surface area contributed by atoms with Crippen LogP contribution in [0.3, 0.4) is 0 Å². The van der Waals surface area contributed by atoms with Gasteiger partial charge in [-0.3, -0.25) is 4.79 Å². The second-order valence-electron chi connectivity index (χ2n) is 5.95. The van der Waals surface area contributed by atoms with Crippen LogP contribution in [0.1, 0.15) is 20.8 Å². The van der Waals surface area contributed by atoms with Gasteiger partial charge in [-0.25, -0.2) is 4.98 Å². The summed E-state index contributed by atoms with van der Waals surface area (Å²) >= 11 is 0. The van der Waals surface area contributed by atoms with Crippen molar-refractivity contribution in [2.45, 2.75) is 26.4 Å². The largest absolute Gasteiger partial charge is 0.378 e. The van der Waals surface area contributed by atoms with Crippen molar-refractivity contribution in [3.63, 3.8) is 0 Å². The van der Waals surface area contributed by atoms with Crippen molar-refractivity contribution in [1.29, 1.82) is 0 Å². The molecular formula is C15H23N3O3. The number of amides is 1. The highest BCUT2D eigenvalue weighted by Gasteiger charge is 2.14. The van der Waals surface area contributed by atoms with Gasteiger partial charge in [0.2, 0.25) is 5.91 Å². The Labute approximate surface area is 125 Å². The topological polar surface area (TPSA) is 63.7 Å². The second-order valence-corrected chi connectivity index (χ2v) is 5.95. The minimum Gasteiger partial charge on any atom is -0.378 e. The van der Waals surface area contributed by atoms with Crippen molar-refractivity contribution in [2.24, 2.45) is 0 Å². The maximum Gasteiger partial charge on any atom is 0.250 e. The average Bonchev–Trinajstić information content (AvgIpc) is 2.46. The van der Waals surface area contributed by atoms with Crippen molar-refractivity contribution in [1.82, 2.24) is 4.98 Å². The van der Waals surface area contributed by atoms with Gasteiger partial charge in [-0.2, -0.15) is 0 Å². The standard InChI is InChI=1S/C15H23N3O3/c1-15(2,3)21-11-14(19)17-12-4-5-13(16-10-12)18-6-8-20-9-7-18/h4-5,10H,6-9,11H2,1-3H3,(H,17,19). The lowest BCUT2D eigenvalue weighted by Crippen LogP contribution is -2.36. The molecule has 1 aromatic heterocycles. The summed E-state index contributed by atoms with van der Waals surface area (Å²) < 4.78 is 10.7. The van der Waals surface area contributed by atoms with E-state index < -0.39 is 0 Å². The van der Waals surface area contributed by atoms with E-state index in [4.69, 9.17) is 9.47 Å². The minimum absolute atomic E-state index is 0.0364. The van der Waals surface area contributed by atoms with Gasteiger partial charge in [0.15, 0.2) is 0 Å². The average molecular weight is 293 g/mol. The van der Waals surface area contributed by atoms with Gasteiger partial charge in [0.05, 0.1) is 30.7 Å². The predicted molar refractivity (Wildman–Crippen MR) is 81.6 cm³/mol. The molecule has 1 amide bonds. The van der Waals surface area contributed by atoms with E-state index in [1.165, 1.54) is 0 Å². The summed E-state index contributed by atoms with van der Waals surface area (Å²) in [6, 6.07) is 3.76. The van der Waals surface area contributed by atoms with Gasteiger partial charge in [-0.1, -0.05) is 0 Å². The molecular weight excluding hydrogens is 270 g/mol. The number of hydrogen-bond acceptors (Lipinski definition) is 5. The first-order valence-corrected chi connectivity index (χ1v) is 7.17. The number of morpholine rings is 1. The Kier molecular flexibility index (Phi) is 5.14. The highest BCUT2D eigenvalue weighted by atomic mass is 16.5. The number of carbonyl (C=O) groups excluding carboxylic acids is 1. The van der Waals surface area contributed by atoms with Gasteiger partial charge in [0, 0.05) is 13.1 Å². The number of nitrogens with zero attached hydrogens (tertiary/aromatic N) is 2. The quantitative estimate of drug-likeness (QED) is 0.915. The monoisotopic (exact) mass is 293 g/mol. The van der Waals surface area contributed by atoms with Crippen LogP contribution in [0, 0.1) is 0 Å². The molecule has 0 bridgehead atoms. The SMILES string of the molecule is CC(C)(C)OCC(=O)Nc1ccc(N2CCOCC2)nc1. The number of carbonyl (C=O) groups is 1. The van der Waals surface area contributed by atoms with Crippen molar-refractivity contribution in [2.75, 3.05) is 43.1 Å². The molecule has 1 N–H and O–H groups in total. The summed E-state index contributed by atoms with van der Waals surface area (Å²) in [5.74, 6) is 0.730. The molecule has 6 nitrogen and oxygen atoms in total. The molecule has 21 heavy (non-hydrogen) atoms. The molecule has 0 saturated carbocycles. The molecule has 1 aliphatic rings. The Morgan fingerprint density at radius 1 is 1.38 bits per heavy atom. The van der Waals surface area contributed by atoms with Gasteiger partial charge in [0.1, 0.15) is 12.4 Å². The van der Waals surface area contributed by atoms with Crippen molar-refractivity contribution < 1.29 is 14.3 Å². The summed E-state index contributed by atoms with van der Waals surface area (Å²) in [6.07, 6.45) is 1.67. The van der Waals surface area contributed by atoms with Crippen LogP contribution in [0.15, 0.2) is 18.3 Å². The second kappa shape index (κ2) is 6.87. The zero-order chi connectivity index (χ0) is 15.3. The van der Waals surface area contributed by atoms with E-state index >= 15 is 0 Å². The maximum atomic E-state index is 11.8. The Morgan fingerprint density at radius 3 is 2.67 bits per heavy atom. The number of aromatic nitrogens is 1. The first-order chi connectivity index (χ1) is 9.94.